The molecule has 1 atom stereocenters. The summed E-state index contributed by atoms with van der Waals surface area (Å²) in [5.41, 5.74) is 0. The molecule has 2 aromatic heterocycles. The fraction of sp³-hybridized carbons (Fsp3) is 0.647. The van der Waals surface area contributed by atoms with Gasteiger partial charge >= 0.3 is 0 Å². The number of rotatable bonds is 5. The Kier molecular flexibility index (Phi) is 5.22. The summed E-state index contributed by atoms with van der Waals surface area (Å²) >= 11 is 1.64. The molecule has 2 aromatic rings. The standard InChI is InChI=1S/C17H24N4O2S/c1-4-14(22-10-1)12-20-6-3-7-21(9-8-20)13-16-18-17(19-23-16)15-5-2-11-24-15/h2,5,11,14H,1,3-4,6-10,12-13H2/t14-/m1/s1. The first-order valence-electron chi connectivity index (χ1n) is 8.79. The maximum atomic E-state index is 5.77. The van der Waals surface area contributed by atoms with Crippen molar-refractivity contribution >= 4 is 11.3 Å². The van der Waals surface area contributed by atoms with Crippen LogP contribution in [0, 0.1) is 0 Å². The maximum Gasteiger partial charge on any atom is 0.241 e. The fourth-order valence-corrected chi connectivity index (χ4v) is 4.11. The third-order valence-electron chi connectivity index (χ3n) is 4.74. The van der Waals surface area contributed by atoms with Gasteiger partial charge < -0.3 is 9.26 Å². The van der Waals surface area contributed by atoms with Crippen LogP contribution in [0.25, 0.3) is 10.7 Å². The Morgan fingerprint density at radius 2 is 2.08 bits per heavy atom. The van der Waals surface area contributed by atoms with Crippen LogP contribution in [0.4, 0.5) is 0 Å². The van der Waals surface area contributed by atoms with Crippen molar-refractivity contribution in [3.05, 3.63) is 23.4 Å². The fourth-order valence-electron chi connectivity index (χ4n) is 3.46. The molecular weight excluding hydrogens is 324 g/mol. The molecule has 7 heteroatoms. The lowest BCUT2D eigenvalue weighted by molar-refractivity contribution is 0.0741. The first kappa shape index (κ1) is 16.2. The summed E-state index contributed by atoms with van der Waals surface area (Å²) in [4.78, 5) is 10.6. The van der Waals surface area contributed by atoms with Gasteiger partial charge in [0.05, 0.1) is 17.5 Å². The molecule has 0 N–H and O–H groups in total. The van der Waals surface area contributed by atoms with Gasteiger partial charge in [-0.2, -0.15) is 4.98 Å². The van der Waals surface area contributed by atoms with Crippen molar-refractivity contribution in [1.29, 1.82) is 0 Å². The molecule has 0 aromatic carbocycles. The van der Waals surface area contributed by atoms with E-state index in [2.05, 4.69) is 19.9 Å². The van der Waals surface area contributed by atoms with Crippen LogP contribution in [0.15, 0.2) is 22.0 Å². The molecule has 2 saturated heterocycles. The van der Waals surface area contributed by atoms with E-state index in [1.807, 2.05) is 17.5 Å². The first-order valence-corrected chi connectivity index (χ1v) is 9.67. The van der Waals surface area contributed by atoms with Crippen LogP contribution < -0.4 is 0 Å². The van der Waals surface area contributed by atoms with E-state index in [0.29, 0.717) is 17.8 Å². The molecule has 130 valence electrons. The Morgan fingerprint density at radius 1 is 1.17 bits per heavy atom. The number of aromatic nitrogens is 2. The average molecular weight is 348 g/mol. The molecule has 0 radical (unpaired) electrons. The van der Waals surface area contributed by atoms with E-state index < -0.39 is 0 Å². The highest BCUT2D eigenvalue weighted by Gasteiger charge is 2.22. The third kappa shape index (κ3) is 4.03. The monoisotopic (exact) mass is 348 g/mol. The van der Waals surface area contributed by atoms with Gasteiger partial charge in [-0.3, -0.25) is 9.80 Å². The summed E-state index contributed by atoms with van der Waals surface area (Å²) in [7, 11) is 0. The van der Waals surface area contributed by atoms with Crippen LogP contribution in [0.5, 0.6) is 0 Å². The Hall–Kier alpha value is -1.28. The molecular formula is C17H24N4O2S. The van der Waals surface area contributed by atoms with Gasteiger partial charge in [0, 0.05) is 26.2 Å². The normalized spacial score (nSPS) is 23.6. The van der Waals surface area contributed by atoms with Crippen molar-refractivity contribution in [3.8, 4) is 10.7 Å². The molecule has 2 fully saturated rings. The van der Waals surface area contributed by atoms with Crippen molar-refractivity contribution in [2.24, 2.45) is 0 Å². The zero-order valence-electron chi connectivity index (χ0n) is 13.9. The second-order valence-corrected chi connectivity index (χ2v) is 7.50. The number of thiophene rings is 1. The molecule has 2 aliphatic heterocycles. The quantitative estimate of drug-likeness (QED) is 0.827. The lowest BCUT2D eigenvalue weighted by Crippen LogP contribution is -2.35. The van der Waals surface area contributed by atoms with Crippen LogP contribution in [0.3, 0.4) is 0 Å². The molecule has 2 aliphatic rings. The molecule has 0 unspecified atom stereocenters. The zero-order valence-corrected chi connectivity index (χ0v) is 14.7. The Balaban J connectivity index is 1.29. The molecule has 0 spiro atoms. The van der Waals surface area contributed by atoms with E-state index >= 15 is 0 Å². The van der Waals surface area contributed by atoms with Gasteiger partial charge in [0.2, 0.25) is 11.7 Å². The van der Waals surface area contributed by atoms with E-state index in [-0.39, 0.29) is 0 Å². The van der Waals surface area contributed by atoms with Crippen molar-refractivity contribution < 1.29 is 9.26 Å². The second-order valence-electron chi connectivity index (χ2n) is 6.55. The smallest absolute Gasteiger partial charge is 0.241 e. The van der Waals surface area contributed by atoms with Gasteiger partial charge in [0.15, 0.2) is 0 Å². The first-order chi connectivity index (χ1) is 11.9. The van der Waals surface area contributed by atoms with Gasteiger partial charge in [-0.25, -0.2) is 0 Å². The van der Waals surface area contributed by atoms with Crippen molar-refractivity contribution in [2.75, 3.05) is 39.3 Å². The molecule has 0 aliphatic carbocycles. The largest absolute Gasteiger partial charge is 0.377 e. The zero-order chi connectivity index (χ0) is 16.2. The van der Waals surface area contributed by atoms with Crippen LogP contribution in [0.2, 0.25) is 0 Å². The number of hydrogen-bond donors (Lipinski definition) is 0. The SMILES string of the molecule is c1csc(-c2noc(CN3CCCN(C[C@H]4CCCO4)CC3)n2)c1. The predicted octanol–water partition coefficient (Wildman–Crippen LogP) is 2.48. The van der Waals surface area contributed by atoms with Crippen LogP contribution in [-0.2, 0) is 11.3 Å². The highest BCUT2D eigenvalue weighted by Crippen LogP contribution is 2.22. The van der Waals surface area contributed by atoms with Crippen LogP contribution in [-0.4, -0.2) is 65.4 Å². The summed E-state index contributed by atoms with van der Waals surface area (Å²) in [5.74, 6) is 1.42. The Morgan fingerprint density at radius 3 is 2.92 bits per heavy atom. The van der Waals surface area contributed by atoms with Gasteiger partial charge in [-0.1, -0.05) is 11.2 Å². The van der Waals surface area contributed by atoms with Crippen molar-refractivity contribution in [3.63, 3.8) is 0 Å². The van der Waals surface area contributed by atoms with Crippen LogP contribution >= 0.6 is 11.3 Å². The highest BCUT2D eigenvalue weighted by atomic mass is 32.1. The van der Waals surface area contributed by atoms with E-state index in [1.54, 1.807) is 11.3 Å². The summed E-state index contributed by atoms with van der Waals surface area (Å²) in [6.45, 7) is 7.13. The summed E-state index contributed by atoms with van der Waals surface area (Å²) in [5, 5.41) is 6.13. The van der Waals surface area contributed by atoms with E-state index in [4.69, 9.17) is 9.26 Å². The lowest BCUT2D eigenvalue weighted by Gasteiger charge is -2.23. The van der Waals surface area contributed by atoms with Gasteiger partial charge in [0.25, 0.3) is 0 Å². The molecule has 4 rings (SSSR count). The Labute approximate surface area is 146 Å². The van der Waals surface area contributed by atoms with Gasteiger partial charge in [-0.15, -0.1) is 11.3 Å². The van der Waals surface area contributed by atoms with Gasteiger partial charge in [-0.05, 0) is 43.8 Å². The maximum absolute atomic E-state index is 5.77. The van der Waals surface area contributed by atoms with E-state index in [1.165, 1.54) is 19.3 Å². The number of ether oxygens (including phenoxy) is 1. The third-order valence-corrected chi connectivity index (χ3v) is 5.60. The van der Waals surface area contributed by atoms with E-state index in [9.17, 15) is 0 Å². The second kappa shape index (κ2) is 7.74. The van der Waals surface area contributed by atoms with Crippen LogP contribution in [0.1, 0.15) is 25.2 Å². The van der Waals surface area contributed by atoms with Crippen molar-refractivity contribution in [1.82, 2.24) is 19.9 Å². The highest BCUT2D eigenvalue weighted by molar-refractivity contribution is 7.13. The summed E-state index contributed by atoms with van der Waals surface area (Å²) < 4.78 is 11.2. The summed E-state index contributed by atoms with van der Waals surface area (Å²) in [6.07, 6.45) is 4.06. The minimum atomic E-state index is 0.445. The average Bonchev–Trinajstić information content (AvgIpc) is 3.31. The molecule has 6 nitrogen and oxygen atoms in total. The minimum absolute atomic E-state index is 0.445. The molecule has 0 bridgehead atoms. The minimum Gasteiger partial charge on any atom is -0.377 e. The number of nitrogens with zero attached hydrogens (tertiary/aromatic N) is 4. The Bertz CT molecular complexity index is 624. The topological polar surface area (TPSA) is 54.6 Å². The molecule has 24 heavy (non-hydrogen) atoms. The molecule has 0 saturated carbocycles. The predicted molar refractivity (Wildman–Crippen MR) is 92.9 cm³/mol. The van der Waals surface area contributed by atoms with E-state index in [0.717, 1.165) is 50.8 Å². The summed E-state index contributed by atoms with van der Waals surface area (Å²) in [6, 6.07) is 4.03. The molecule has 4 heterocycles. The molecule has 0 amide bonds. The lowest BCUT2D eigenvalue weighted by atomic mass is 10.2. The number of hydrogen-bond acceptors (Lipinski definition) is 7. The van der Waals surface area contributed by atoms with Gasteiger partial charge in [0.1, 0.15) is 0 Å². The van der Waals surface area contributed by atoms with Crippen molar-refractivity contribution in [2.45, 2.75) is 31.9 Å².